The van der Waals surface area contributed by atoms with Crippen LogP contribution < -0.4 is 21.4 Å². The van der Waals surface area contributed by atoms with Gasteiger partial charge in [0.2, 0.25) is 5.91 Å². The molecule has 2 amide bonds. The average molecular weight is 502 g/mol. The van der Waals surface area contributed by atoms with E-state index in [2.05, 4.69) is 0 Å². The first-order chi connectivity index (χ1) is 16.2. The van der Waals surface area contributed by atoms with Gasteiger partial charge in [0.15, 0.2) is 0 Å². The summed E-state index contributed by atoms with van der Waals surface area (Å²) in [5, 5.41) is 2.38. The van der Waals surface area contributed by atoms with E-state index >= 15 is 0 Å². The van der Waals surface area contributed by atoms with E-state index in [0.29, 0.717) is 11.1 Å². The highest BCUT2D eigenvalue weighted by Crippen LogP contribution is 2.36. The van der Waals surface area contributed by atoms with Crippen LogP contribution in [0.5, 0.6) is 5.75 Å². The minimum Gasteiger partial charge on any atom is -0.497 e. The van der Waals surface area contributed by atoms with E-state index in [4.69, 9.17) is 14.9 Å². The molecule has 0 saturated carbocycles. The van der Waals surface area contributed by atoms with Crippen molar-refractivity contribution in [2.24, 2.45) is 5.73 Å². The summed E-state index contributed by atoms with van der Waals surface area (Å²) in [6, 6.07) is 4.15. The number of hydrogen-bond donors (Lipinski definition) is 2. The van der Waals surface area contributed by atoms with E-state index in [1.807, 2.05) is 5.32 Å². The number of carbonyl (C=O) groups excluding carboxylic acids is 2. The van der Waals surface area contributed by atoms with Crippen molar-refractivity contribution in [3.63, 3.8) is 0 Å². The minimum atomic E-state index is -5.17. The van der Waals surface area contributed by atoms with Gasteiger partial charge in [-0.25, -0.2) is 4.79 Å². The molecule has 3 rings (SSSR count). The maximum atomic E-state index is 13.1. The molecule has 0 bridgehead atoms. The summed E-state index contributed by atoms with van der Waals surface area (Å²) >= 11 is 0. The Morgan fingerprint density at radius 1 is 1.00 bits per heavy atom. The third-order valence-electron chi connectivity index (χ3n) is 4.96. The second kappa shape index (κ2) is 9.31. The van der Waals surface area contributed by atoms with Gasteiger partial charge in [-0.15, -0.1) is 0 Å². The molecule has 186 valence electrons. The minimum absolute atomic E-state index is 0.0779. The molecule has 1 aromatic heterocycles. The number of carbonyl (C=O) groups is 2. The Hall–Kier alpha value is -4.03. The van der Waals surface area contributed by atoms with Crippen LogP contribution in [0.1, 0.15) is 27.0 Å². The summed E-state index contributed by atoms with van der Waals surface area (Å²) in [7, 11) is 1.37. The van der Waals surface area contributed by atoms with Gasteiger partial charge in [0.05, 0.1) is 18.2 Å². The molecule has 0 fully saturated rings. The van der Waals surface area contributed by atoms with Crippen LogP contribution in [0.25, 0.3) is 11.0 Å². The lowest BCUT2D eigenvalue weighted by Crippen LogP contribution is -2.46. The molecular weight excluding hydrogens is 486 g/mol. The van der Waals surface area contributed by atoms with E-state index in [-0.39, 0.29) is 29.3 Å². The van der Waals surface area contributed by atoms with Crippen LogP contribution in [0.3, 0.4) is 0 Å². The smallest absolute Gasteiger partial charge is 0.416 e. The monoisotopic (exact) mass is 502 g/mol. The first-order valence-electron chi connectivity index (χ1n) is 9.69. The first-order valence-corrected chi connectivity index (χ1v) is 9.69. The summed E-state index contributed by atoms with van der Waals surface area (Å²) in [6.07, 6.45) is -10.7. The molecule has 7 nitrogen and oxygen atoms in total. The number of hydrogen-bond acceptors (Lipinski definition) is 5. The Kier molecular flexibility index (Phi) is 6.81. The van der Waals surface area contributed by atoms with Crippen molar-refractivity contribution >= 4 is 22.8 Å². The highest BCUT2D eigenvalue weighted by atomic mass is 19.4. The van der Waals surface area contributed by atoms with E-state index in [1.54, 1.807) is 0 Å². The van der Waals surface area contributed by atoms with Crippen molar-refractivity contribution in [1.82, 2.24) is 5.32 Å². The van der Waals surface area contributed by atoms with Crippen molar-refractivity contribution in [3.8, 4) is 5.75 Å². The fourth-order valence-electron chi connectivity index (χ4n) is 3.28. The SMILES string of the molecule is COc1ccc2c(C[C@H](NC(=O)c3cc(C(F)(F)F)cc(C(F)(F)F)c3)C(N)=O)cc(=O)oc2c1. The third kappa shape index (κ3) is 5.91. The molecule has 1 heterocycles. The number of rotatable bonds is 6. The zero-order chi connectivity index (χ0) is 26.1. The van der Waals surface area contributed by atoms with Crippen LogP contribution in [-0.2, 0) is 23.6 Å². The number of benzene rings is 2. The molecule has 0 aliphatic heterocycles. The third-order valence-corrected chi connectivity index (χ3v) is 4.96. The fourth-order valence-corrected chi connectivity index (χ4v) is 3.28. The summed E-state index contributed by atoms with van der Waals surface area (Å²) in [4.78, 5) is 36.5. The maximum Gasteiger partial charge on any atom is 0.416 e. The second-order valence-electron chi connectivity index (χ2n) is 7.38. The Bertz CT molecular complexity index is 1310. The molecule has 0 unspecified atom stereocenters. The lowest BCUT2D eigenvalue weighted by molar-refractivity contribution is -0.143. The van der Waals surface area contributed by atoms with Crippen LogP contribution in [0.4, 0.5) is 26.3 Å². The Labute approximate surface area is 192 Å². The van der Waals surface area contributed by atoms with Crippen molar-refractivity contribution in [2.75, 3.05) is 7.11 Å². The van der Waals surface area contributed by atoms with Crippen LogP contribution in [-0.4, -0.2) is 25.0 Å². The number of halogens is 6. The predicted molar refractivity (Wildman–Crippen MR) is 110 cm³/mol. The van der Waals surface area contributed by atoms with Gasteiger partial charge < -0.3 is 20.2 Å². The van der Waals surface area contributed by atoms with Crippen molar-refractivity contribution in [1.29, 1.82) is 0 Å². The first kappa shape index (κ1) is 25.6. The van der Waals surface area contributed by atoms with Gasteiger partial charge in [0, 0.05) is 29.5 Å². The summed E-state index contributed by atoms with van der Waals surface area (Å²) in [5.74, 6) is -2.20. The zero-order valence-electron chi connectivity index (χ0n) is 17.7. The normalized spacial score (nSPS) is 12.9. The molecule has 3 N–H and O–H groups in total. The van der Waals surface area contributed by atoms with E-state index < -0.39 is 58.9 Å². The molecule has 35 heavy (non-hydrogen) atoms. The van der Waals surface area contributed by atoms with Gasteiger partial charge in [-0.2, -0.15) is 26.3 Å². The Balaban J connectivity index is 1.97. The van der Waals surface area contributed by atoms with Gasteiger partial charge in [-0.1, -0.05) is 0 Å². The number of nitrogens with one attached hydrogen (secondary N) is 1. The molecule has 0 aliphatic rings. The van der Waals surface area contributed by atoms with Gasteiger partial charge in [-0.05, 0) is 35.9 Å². The van der Waals surface area contributed by atoms with Crippen LogP contribution in [0.2, 0.25) is 0 Å². The van der Waals surface area contributed by atoms with Gasteiger partial charge in [0.25, 0.3) is 5.91 Å². The van der Waals surface area contributed by atoms with Gasteiger partial charge in [0.1, 0.15) is 17.4 Å². The second-order valence-corrected chi connectivity index (χ2v) is 7.38. The van der Waals surface area contributed by atoms with E-state index in [1.165, 1.54) is 25.3 Å². The number of methoxy groups -OCH3 is 1. The molecule has 0 aliphatic carbocycles. The van der Waals surface area contributed by atoms with Crippen molar-refractivity contribution in [3.05, 3.63) is 75.1 Å². The molecule has 0 saturated heterocycles. The lowest BCUT2D eigenvalue weighted by Gasteiger charge is -2.18. The van der Waals surface area contributed by atoms with Crippen LogP contribution in [0.15, 0.2) is 51.7 Å². The van der Waals surface area contributed by atoms with Crippen molar-refractivity contribution < 1.29 is 45.1 Å². The average Bonchev–Trinajstić information content (AvgIpc) is 2.76. The van der Waals surface area contributed by atoms with Gasteiger partial charge in [-0.3, -0.25) is 9.59 Å². The number of amides is 2. The molecule has 0 spiro atoms. The van der Waals surface area contributed by atoms with Crippen LogP contribution >= 0.6 is 0 Å². The molecule has 13 heteroatoms. The molecule has 3 aromatic rings. The molecule has 2 aromatic carbocycles. The Morgan fingerprint density at radius 3 is 2.11 bits per heavy atom. The highest BCUT2D eigenvalue weighted by Gasteiger charge is 2.37. The van der Waals surface area contributed by atoms with E-state index in [0.717, 1.165) is 6.07 Å². The highest BCUT2D eigenvalue weighted by molar-refractivity contribution is 5.98. The number of ether oxygens (including phenoxy) is 1. The van der Waals surface area contributed by atoms with E-state index in [9.17, 15) is 40.7 Å². The van der Waals surface area contributed by atoms with Gasteiger partial charge >= 0.3 is 18.0 Å². The Morgan fingerprint density at radius 2 is 1.60 bits per heavy atom. The predicted octanol–water partition coefficient (Wildman–Crippen LogP) is 3.67. The largest absolute Gasteiger partial charge is 0.497 e. The van der Waals surface area contributed by atoms with Crippen molar-refractivity contribution in [2.45, 2.75) is 24.8 Å². The number of primary amides is 1. The molecular formula is C22H16F6N2O5. The maximum absolute atomic E-state index is 13.1. The molecule has 1 atom stereocenters. The summed E-state index contributed by atoms with van der Waals surface area (Å²) < 4.78 is 88.7. The topological polar surface area (TPSA) is 112 Å². The lowest BCUT2D eigenvalue weighted by atomic mass is 10.0. The number of nitrogens with two attached hydrogens (primary N) is 1. The summed E-state index contributed by atoms with van der Waals surface area (Å²) in [5.41, 5.74) is 0.360. The number of alkyl halides is 6. The number of fused-ring (bicyclic) bond motifs is 1. The fraction of sp³-hybridized carbons (Fsp3) is 0.227. The van der Waals surface area contributed by atoms with Crippen LogP contribution in [0, 0.1) is 0 Å². The quantitative estimate of drug-likeness (QED) is 0.395. The summed E-state index contributed by atoms with van der Waals surface area (Å²) in [6.45, 7) is 0. The zero-order valence-corrected chi connectivity index (χ0v) is 17.7. The molecule has 0 radical (unpaired) electrons. The standard InChI is InChI=1S/C22H16F6N2O5/c1-34-14-2-3-15-10(7-18(31)35-17(15)9-14)6-16(19(29)32)30-20(33)11-4-12(21(23,24)25)8-13(5-11)22(26,27)28/h2-5,7-9,16H,6H2,1H3,(H2,29,32)(H,30,33)/t16-/m0/s1.